The summed E-state index contributed by atoms with van der Waals surface area (Å²) in [5.41, 5.74) is 1.03. The standard InChI is InChI=1S/C12H3Cl5O/c13-5-1-2-7-8(9(5)15)4-3-6(14)10(16)11(17)12(4)18-7/h1-3H. The number of hydrogen-bond acceptors (Lipinski definition) is 1. The summed E-state index contributed by atoms with van der Waals surface area (Å²) in [6.45, 7) is 0. The first-order valence-corrected chi connectivity index (χ1v) is 6.73. The van der Waals surface area contributed by atoms with Crippen molar-refractivity contribution < 1.29 is 4.42 Å². The first-order valence-electron chi connectivity index (χ1n) is 4.84. The third-order valence-corrected chi connectivity index (χ3v) is 4.70. The van der Waals surface area contributed by atoms with Gasteiger partial charge in [0.15, 0.2) is 5.58 Å². The van der Waals surface area contributed by atoms with Crippen LogP contribution in [0.1, 0.15) is 0 Å². The Hall–Kier alpha value is -0.310. The Kier molecular flexibility index (Phi) is 3.08. The number of benzene rings is 2. The highest BCUT2D eigenvalue weighted by atomic mass is 35.5. The molecule has 92 valence electrons. The van der Waals surface area contributed by atoms with E-state index in [0.717, 1.165) is 0 Å². The van der Waals surface area contributed by atoms with Gasteiger partial charge in [0.05, 0.1) is 20.1 Å². The lowest BCUT2D eigenvalue weighted by atomic mass is 10.1. The van der Waals surface area contributed by atoms with Gasteiger partial charge < -0.3 is 4.42 Å². The van der Waals surface area contributed by atoms with Gasteiger partial charge in [-0.05, 0) is 18.2 Å². The molecule has 3 aromatic rings. The van der Waals surface area contributed by atoms with Crippen LogP contribution in [-0.2, 0) is 0 Å². The van der Waals surface area contributed by atoms with Crippen molar-refractivity contribution >= 4 is 79.9 Å². The third kappa shape index (κ3) is 1.70. The van der Waals surface area contributed by atoms with Crippen molar-refractivity contribution in [2.45, 2.75) is 0 Å². The van der Waals surface area contributed by atoms with E-state index >= 15 is 0 Å². The van der Waals surface area contributed by atoms with Gasteiger partial charge in [-0.1, -0.05) is 58.0 Å². The van der Waals surface area contributed by atoms with Crippen LogP contribution in [0.3, 0.4) is 0 Å². The van der Waals surface area contributed by atoms with Crippen LogP contribution in [0.5, 0.6) is 0 Å². The van der Waals surface area contributed by atoms with Crippen molar-refractivity contribution in [1.82, 2.24) is 0 Å². The van der Waals surface area contributed by atoms with Crippen molar-refractivity contribution in [2.75, 3.05) is 0 Å². The van der Waals surface area contributed by atoms with E-state index < -0.39 is 0 Å². The van der Waals surface area contributed by atoms with Crippen LogP contribution in [0.15, 0.2) is 22.6 Å². The van der Waals surface area contributed by atoms with Gasteiger partial charge in [-0.2, -0.15) is 0 Å². The molecule has 0 aliphatic heterocycles. The number of furan rings is 1. The molecule has 1 heterocycles. The third-order valence-electron chi connectivity index (χ3n) is 2.66. The van der Waals surface area contributed by atoms with Crippen LogP contribution < -0.4 is 0 Å². The molecule has 1 aromatic heterocycles. The van der Waals surface area contributed by atoms with E-state index in [-0.39, 0.29) is 10.0 Å². The predicted molar refractivity (Wildman–Crippen MR) is 78.8 cm³/mol. The SMILES string of the molecule is Clc1cc2c(oc3ccc(Cl)c(Cl)c32)c(Cl)c1Cl. The molecule has 3 rings (SSSR count). The van der Waals surface area contributed by atoms with Gasteiger partial charge in [-0.25, -0.2) is 0 Å². The van der Waals surface area contributed by atoms with Gasteiger partial charge in [-0.3, -0.25) is 0 Å². The summed E-state index contributed by atoms with van der Waals surface area (Å²) in [5, 5.41) is 3.08. The normalized spacial score (nSPS) is 11.6. The maximum atomic E-state index is 6.18. The summed E-state index contributed by atoms with van der Waals surface area (Å²) in [5.74, 6) is 0. The lowest BCUT2D eigenvalue weighted by Gasteiger charge is -2.00. The van der Waals surface area contributed by atoms with Crippen molar-refractivity contribution in [3.8, 4) is 0 Å². The van der Waals surface area contributed by atoms with Crippen molar-refractivity contribution in [1.29, 1.82) is 0 Å². The Morgan fingerprint density at radius 1 is 0.778 bits per heavy atom. The highest BCUT2D eigenvalue weighted by Gasteiger charge is 2.18. The molecule has 0 spiro atoms. The zero-order chi connectivity index (χ0) is 13.0. The first kappa shape index (κ1) is 12.7. The molecule has 0 atom stereocenters. The monoisotopic (exact) mass is 338 g/mol. The zero-order valence-corrected chi connectivity index (χ0v) is 12.3. The first-order chi connectivity index (χ1) is 8.50. The Labute approximate surface area is 127 Å². The molecule has 0 radical (unpaired) electrons. The molecular weight excluding hydrogens is 337 g/mol. The lowest BCUT2D eigenvalue weighted by molar-refractivity contribution is 0.669. The van der Waals surface area contributed by atoms with E-state index in [1.54, 1.807) is 18.2 Å². The molecule has 0 N–H and O–H groups in total. The second-order valence-electron chi connectivity index (χ2n) is 3.70. The molecule has 18 heavy (non-hydrogen) atoms. The summed E-state index contributed by atoms with van der Waals surface area (Å²) >= 11 is 30.3. The van der Waals surface area contributed by atoms with E-state index in [4.69, 9.17) is 62.4 Å². The summed E-state index contributed by atoms with van der Waals surface area (Å²) in [4.78, 5) is 0. The van der Waals surface area contributed by atoms with E-state index in [1.165, 1.54) is 0 Å². The highest BCUT2D eigenvalue weighted by molar-refractivity contribution is 6.52. The molecule has 0 saturated heterocycles. The molecule has 0 bridgehead atoms. The fourth-order valence-electron chi connectivity index (χ4n) is 1.84. The van der Waals surface area contributed by atoms with Gasteiger partial charge in [0.1, 0.15) is 10.6 Å². The summed E-state index contributed by atoms with van der Waals surface area (Å²) in [6.07, 6.45) is 0. The smallest absolute Gasteiger partial charge is 0.155 e. The van der Waals surface area contributed by atoms with Crippen LogP contribution in [0.2, 0.25) is 25.1 Å². The van der Waals surface area contributed by atoms with Gasteiger partial charge in [0.25, 0.3) is 0 Å². The average Bonchev–Trinajstić information content (AvgIpc) is 2.70. The Morgan fingerprint density at radius 2 is 1.50 bits per heavy atom. The molecule has 0 unspecified atom stereocenters. The van der Waals surface area contributed by atoms with E-state index in [9.17, 15) is 0 Å². The highest BCUT2D eigenvalue weighted by Crippen LogP contribution is 2.44. The molecule has 6 heteroatoms. The Morgan fingerprint density at radius 3 is 2.22 bits per heavy atom. The number of hydrogen-bond donors (Lipinski definition) is 0. The van der Waals surface area contributed by atoms with Gasteiger partial charge in [-0.15, -0.1) is 0 Å². The maximum absolute atomic E-state index is 6.18. The summed E-state index contributed by atoms with van der Waals surface area (Å²) < 4.78 is 5.64. The molecule has 1 nitrogen and oxygen atoms in total. The summed E-state index contributed by atoms with van der Waals surface area (Å²) in [6, 6.07) is 5.05. The van der Waals surface area contributed by atoms with Gasteiger partial charge in [0.2, 0.25) is 0 Å². The van der Waals surface area contributed by atoms with Crippen molar-refractivity contribution in [2.24, 2.45) is 0 Å². The Balaban J connectivity index is 2.62. The lowest BCUT2D eigenvalue weighted by Crippen LogP contribution is -1.75. The minimum absolute atomic E-state index is 0.257. The molecular formula is C12H3Cl5O. The maximum Gasteiger partial charge on any atom is 0.155 e. The van der Waals surface area contributed by atoms with Crippen LogP contribution >= 0.6 is 58.0 Å². The number of fused-ring (bicyclic) bond motifs is 3. The zero-order valence-electron chi connectivity index (χ0n) is 8.53. The largest absolute Gasteiger partial charge is 0.454 e. The second kappa shape index (κ2) is 4.36. The molecule has 0 amide bonds. The van der Waals surface area contributed by atoms with Crippen molar-refractivity contribution in [3.63, 3.8) is 0 Å². The molecule has 2 aromatic carbocycles. The fourth-order valence-corrected chi connectivity index (χ4v) is 2.89. The molecule has 0 fully saturated rings. The second-order valence-corrected chi connectivity index (χ2v) is 5.65. The molecule has 0 aliphatic carbocycles. The number of rotatable bonds is 0. The van der Waals surface area contributed by atoms with E-state index in [0.29, 0.717) is 37.0 Å². The average molecular weight is 340 g/mol. The summed E-state index contributed by atoms with van der Waals surface area (Å²) in [7, 11) is 0. The van der Waals surface area contributed by atoms with Crippen LogP contribution in [0, 0.1) is 0 Å². The van der Waals surface area contributed by atoms with Gasteiger partial charge in [0, 0.05) is 10.8 Å². The quantitative estimate of drug-likeness (QED) is 0.408. The van der Waals surface area contributed by atoms with Crippen LogP contribution in [0.4, 0.5) is 0 Å². The molecule has 0 saturated carbocycles. The molecule has 0 aliphatic rings. The van der Waals surface area contributed by atoms with Crippen LogP contribution in [-0.4, -0.2) is 0 Å². The Bertz CT molecular complexity index is 790. The van der Waals surface area contributed by atoms with E-state index in [1.807, 2.05) is 0 Å². The van der Waals surface area contributed by atoms with Crippen LogP contribution in [0.25, 0.3) is 21.9 Å². The predicted octanol–water partition coefficient (Wildman–Crippen LogP) is 6.85. The minimum atomic E-state index is 0.257. The topological polar surface area (TPSA) is 13.1 Å². The van der Waals surface area contributed by atoms with Crippen molar-refractivity contribution in [3.05, 3.63) is 43.3 Å². The van der Waals surface area contributed by atoms with E-state index in [2.05, 4.69) is 0 Å². The van der Waals surface area contributed by atoms with Gasteiger partial charge >= 0.3 is 0 Å². The number of halogens is 5. The fraction of sp³-hybridized carbons (Fsp3) is 0. The minimum Gasteiger partial charge on any atom is -0.454 e.